The van der Waals surface area contributed by atoms with Crippen molar-refractivity contribution in [2.24, 2.45) is 0 Å². The Bertz CT molecular complexity index is 778. The fraction of sp³-hybridized carbons (Fsp3) is 0.154. The minimum atomic E-state index is -0.406. The van der Waals surface area contributed by atoms with Gasteiger partial charge in [-0.2, -0.15) is 0 Å². The maximum absolute atomic E-state index is 12.0. The molecule has 6 nitrogen and oxygen atoms in total. The first-order valence-corrected chi connectivity index (χ1v) is 6.66. The molecule has 2 aromatic heterocycles. The Morgan fingerprint density at radius 3 is 3.00 bits per heavy atom. The highest BCUT2D eigenvalue weighted by atomic mass is 32.1. The van der Waals surface area contributed by atoms with Gasteiger partial charge >= 0.3 is 0 Å². The summed E-state index contributed by atoms with van der Waals surface area (Å²) in [5, 5.41) is 6.78. The molecule has 102 valence electrons. The molecule has 1 amide bonds. The zero-order chi connectivity index (χ0) is 14.1. The summed E-state index contributed by atoms with van der Waals surface area (Å²) in [7, 11) is 1.45. The minimum absolute atomic E-state index is 0.0808. The molecule has 0 aliphatic heterocycles. The van der Waals surface area contributed by atoms with Gasteiger partial charge in [0.1, 0.15) is 0 Å². The molecule has 0 saturated carbocycles. The molecule has 3 aromatic rings. The summed E-state index contributed by atoms with van der Waals surface area (Å²) < 4.78 is 10.8. The van der Waals surface area contributed by atoms with E-state index in [1.807, 2.05) is 25.1 Å². The zero-order valence-electron chi connectivity index (χ0n) is 10.8. The molecular formula is C13H11N3O3S. The van der Waals surface area contributed by atoms with Crippen LogP contribution in [-0.2, 0) is 0 Å². The van der Waals surface area contributed by atoms with Gasteiger partial charge in [-0.25, -0.2) is 4.98 Å². The average Bonchev–Trinajstić information content (AvgIpc) is 3.03. The molecule has 0 bridgehead atoms. The Hall–Kier alpha value is -2.41. The van der Waals surface area contributed by atoms with Crippen molar-refractivity contribution in [3.05, 3.63) is 35.6 Å². The standard InChI is InChI=1S/C13H11N3O3S/c1-7-3-4-8-10(5-7)20-13(14-8)15-12(17)9-6-11(18-2)16-19-9/h3-6H,1-2H3,(H,14,15,17). The predicted molar refractivity (Wildman–Crippen MR) is 75.4 cm³/mol. The highest BCUT2D eigenvalue weighted by Gasteiger charge is 2.15. The quantitative estimate of drug-likeness (QED) is 0.802. The van der Waals surface area contributed by atoms with Gasteiger partial charge in [0.2, 0.25) is 5.76 Å². The number of anilines is 1. The predicted octanol–water partition coefficient (Wildman–Crippen LogP) is 2.85. The maximum Gasteiger partial charge on any atom is 0.296 e. The molecule has 2 heterocycles. The third-order valence-electron chi connectivity index (χ3n) is 2.69. The lowest BCUT2D eigenvalue weighted by Crippen LogP contribution is -2.10. The first-order chi connectivity index (χ1) is 9.65. The van der Waals surface area contributed by atoms with Gasteiger partial charge in [0.15, 0.2) is 5.13 Å². The lowest BCUT2D eigenvalue weighted by molar-refractivity contribution is 0.0987. The van der Waals surface area contributed by atoms with Crippen molar-refractivity contribution in [3.8, 4) is 5.88 Å². The van der Waals surface area contributed by atoms with Crippen LogP contribution in [0.3, 0.4) is 0 Å². The van der Waals surface area contributed by atoms with Gasteiger partial charge < -0.3 is 9.26 Å². The van der Waals surface area contributed by atoms with E-state index in [9.17, 15) is 4.79 Å². The summed E-state index contributed by atoms with van der Waals surface area (Å²) in [6.07, 6.45) is 0. The molecule has 3 rings (SSSR count). The number of aryl methyl sites for hydroxylation is 1. The number of carbonyl (C=O) groups excluding carboxylic acids is 1. The van der Waals surface area contributed by atoms with Gasteiger partial charge in [-0.05, 0) is 29.8 Å². The molecule has 0 saturated heterocycles. The van der Waals surface area contributed by atoms with Crippen LogP contribution >= 0.6 is 11.3 Å². The van der Waals surface area contributed by atoms with Crippen LogP contribution in [-0.4, -0.2) is 23.2 Å². The summed E-state index contributed by atoms with van der Waals surface area (Å²) in [4.78, 5) is 16.3. The Morgan fingerprint density at radius 2 is 2.25 bits per heavy atom. The number of hydrogen-bond acceptors (Lipinski definition) is 6. The molecular weight excluding hydrogens is 278 g/mol. The normalized spacial score (nSPS) is 10.7. The molecule has 0 atom stereocenters. The number of ether oxygens (including phenoxy) is 1. The van der Waals surface area contributed by atoms with Crippen molar-refractivity contribution in [3.63, 3.8) is 0 Å². The van der Waals surface area contributed by atoms with Crippen LogP contribution in [0.1, 0.15) is 16.1 Å². The molecule has 1 aromatic carbocycles. The van der Waals surface area contributed by atoms with Crippen molar-refractivity contribution in [2.45, 2.75) is 6.92 Å². The van der Waals surface area contributed by atoms with Gasteiger partial charge in [-0.1, -0.05) is 17.4 Å². The van der Waals surface area contributed by atoms with Crippen LogP contribution in [0.2, 0.25) is 0 Å². The van der Waals surface area contributed by atoms with Gasteiger partial charge in [0.25, 0.3) is 11.8 Å². The molecule has 0 unspecified atom stereocenters. The van der Waals surface area contributed by atoms with Crippen LogP contribution in [0.4, 0.5) is 5.13 Å². The van der Waals surface area contributed by atoms with E-state index in [-0.39, 0.29) is 11.6 Å². The molecule has 20 heavy (non-hydrogen) atoms. The van der Waals surface area contributed by atoms with Gasteiger partial charge in [-0.3, -0.25) is 10.1 Å². The number of benzene rings is 1. The SMILES string of the molecule is COc1cc(C(=O)Nc2nc3ccc(C)cc3s2)on1. The Kier molecular flexibility index (Phi) is 3.11. The van der Waals surface area contributed by atoms with E-state index in [2.05, 4.69) is 15.5 Å². The van der Waals surface area contributed by atoms with Crippen LogP contribution in [0, 0.1) is 6.92 Å². The van der Waals surface area contributed by atoms with E-state index >= 15 is 0 Å². The van der Waals surface area contributed by atoms with Crippen LogP contribution in [0.15, 0.2) is 28.8 Å². The van der Waals surface area contributed by atoms with E-state index in [0.717, 1.165) is 15.8 Å². The highest BCUT2D eigenvalue weighted by Crippen LogP contribution is 2.27. The highest BCUT2D eigenvalue weighted by molar-refractivity contribution is 7.22. The molecule has 0 aliphatic carbocycles. The van der Waals surface area contributed by atoms with E-state index in [0.29, 0.717) is 5.13 Å². The number of thiazole rings is 1. The van der Waals surface area contributed by atoms with Crippen molar-refractivity contribution in [1.29, 1.82) is 0 Å². The average molecular weight is 289 g/mol. The number of carbonyl (C=O) groups is 1. The summed E-state index contributed by atoms with van der Waals surface area (Å²) in [6.45, 7) is 2.01. The molecule has 0 spiro atoms. The number of methoxy groups -OCH3 is 1. The molecule has 1 N–H and O–H groups in total. The van der Waals surface area contributed by atoms with Crippen LogP contribution < -0.4 is 10.1 Å². The Labute approximate surface area is 118 Å². The van der Waals surface area contributed by atoms with Crippen molar-refractivity contribution < 1.29 is 14.1 Å². The lowest BCUT2D eigenvalue weighted by atomic mass is 10.2. The van der Waals surface area contributed by atoms with Gasteiger partial charge in [0, 0.05) is 0 Å². The summed E-state index contributed by atoms with van der Waals surface area (Å²) in [5.74, 6) is -0.0658. The largest absolute Gasteiger partial charge is 0.479 e. The van der Waals surface area contributed by atoms with E-state index in [4.69, 9.17) is 9.26 Å². The van der Waals surface area contributed by atoms with E-state index < -0.39 is 5.91 Å². The van der Waals surface area contributed by atoms with Gasteiger partial charge in [-0.15, -0.1) is 0 Å². The first kappa shape index (κ1) is 12.6. The number of nitrogens with one attached hydrogen (secondary N) is 1. The third-order valence-corrected chi connectivity index (χ3v) is 3.62. The molecule has 0 fully saturated rings. The zero-order valence-corrected chi connectivity index (χ0v) is 11.7. The second kappa shape index (κ2) is 4.93. The van der Waals surface area contributed by atoms with Crippen molar-refractivity contribution >= 4 is 32.6 Å². The molecule has 0 radical (unpaired) electrons. The second-order valence-corrected chi connectivity index (χ2v) is 5.21. The maximum atomic E-state index is 12.0. The minimum Gasteiger partial charge on any atom is -0.479 e. The Balaban J connectivity index is 1.83. The molecule has 7 heteroatoms. The molecule has 0 aliphatic rings. The lowest BCUT2D eigenvalue weighted by Gasteiger charge is -1.95. The van der Waals surface area contributed by atoms with Crippen molar-refractivity contribution in [2.75, 3.05) is 12.4 Å². The monoisotopic (exact) mass is 289 g/mol. The second-order valence-electron chi connectivity index (χ2n) is 4.18. The third kappa shape index (κ3) is 2.35. The first-order valence-electron chi connectivity index (χ1n) is 5.85. The van der Waals surface area contributed by atoms with Crippen LogP contribution in [0.5, 0.6) is 5.88 Å². The van der Waals surface area contributed by atoms with E-state index in [1.165, 1.54) is 24.5 Å². The topological polar surface area (TPSA) is 77.2 Å². The smallest absolute Gasteiger partial charge is 0.296 e. The number of hydrogen-bond donors (Lipinski definition) is 1. The number of aromatic nitrogens is 2. The fourth-order valence-electron chi connectivity index (χ4n) is 1.71. The van der Waals surface area contributed by atoms with Crippen molar-refractivity contribution in [1.82, 2.24) is 10.1 Å². The summed E-state index contributed by atoms with van der Waals surface area (Å²) in [5.41, 5.74) is 2.00. The number of amides is 1. The number of fused-ring (bicyclic) bond motifs is 1. The number of rotatable bonds is 3. The van der Waals surface area contributed by atoms with Gasteiger partial charge in [0.05, 0.1) is 23.4 Å². The van der Waals surface area contributed by atoms with Crippen LogP contribution in [0.25, 0.3) is 10.2 Å². The summed E-state index contributed by atoms with van der Waals surface area (Å²) >= 11 is 1.41. The number of nitrogens with zero attached hydrogens (tertiary/aromatic N) is 2. The fourth-order valence-corrected chi connectivity index (χ4v) is 2.67. The Morgan fingerprint density at radius 1 is 1.40 bits per heavy atom. The van der Waals surface area contributed by atoms with E-state index in [1.54, 1.807) is 0 Å². The summed E-state index contributed by atoms with van der Waals surface area (Å²) in [6, 6.07) is 7.36.